The van der Waals surface area contributed by atoms with Crippen molar-refractivity contribution in [2.75, 3.05) is 11.0 Å². The number of alkyl halides is 1. The summed E-state index contributed by atoms with van der Waals surface area (Å²) in [7, 11) is -3.60. The Hall–Kier alpha value is -2.81. The maximum absolute atomic E-state index is 14.2. The molecule has 0 aliphatic heterocycles. The molecule has 1 heterocycles. The zero-order valence-corrected chi connectivity index (χ0v) is 18.8. The van der Waals surface area contributed by atoms with E-state index >= 15 is 0 Å². The lowest BCUT2D eigenvalue weighted by molar-refractivity contribution is -0.117. The molecule has 168 valence electrons. The van der Waals surface area contributed by atoms with E-state index in [0.717, 1.165) is 23.9 Å². The molecule has 1 unspecified atom stereocenters. The Bertz CT molecular complexity index is 1070. The van der Waals surface area contributed by atoms with E-state index in [4.69, 9.17) is 0 Å². The second kappa shape index (κ2) is 10.5. The summed E-state index contributed by atoms with van der Waals surface area (Å²) in [6, 6.07) is 6.82. The number of hydrogen-bond acceptors (Lipinski definition) is 4. The number of amides is 1. The Labute approximate surface area is 181 Å². The van der Waals surface area contributed by atoms with Crippen molar-refractivity contribution < 1.29 is 22.0 Å². The summed E-state index contributed by atoms with van der Waals surface area (Å²) >= 11 is 0. The minimum atomic E-state index is -3.60. The second-order valence-electron chi connectivity index (χ2n) is 7.40. The van der Waals surface area contributed by atoms with E-state index in [1.807, 2.05) is 13.8 Å². The molecule has 2 rings (SSSR count). The molecule has 0 spiro atoms. The number of carbonyl (C=O) groups excluding carboxylic acids is 1. The fourth-order valence-corrected chi connectivity index (χ4v) is 3.49. The summed E-state index contributed by atoms with van der Waals surface area (Å²) in [6.07, 6.45) is 4.73. The van der Waals surface area contributed by atoms with Crippen LogP contribution in [0.1, 0.15) is 61.7 Å². The molecule has 2 N–H and O–H groups in total. The predicted molar refractivity (Wildman–Crippen MR) is 118 cm³/mol. The van der Waals surface area contributed by atoms with Crippen molar-refractivity contribution in [3.05, 3.63) is 64.7 Å². The van der Waals surface area contributed by atoms with Gasteiger partial charge in [0.1, 0.15) is 12.5 Å². The number of halogens is 2. The molecular weight excluding hydrogens is 424 g/mol. The predicted octanol–water partition coefficient (Wildman–Crippen LogP) is 4.47. The van der Waals surface area contributed by atoms with Crippen molar-refractivity contribution in [3.8, 4) is 0 Å². The topological polar surface area (TPSA) is 88.2 Å². The Kier molecular flexibility index (Phi) is 8.27. The van der Waals surface area contributed by atoms with Crippen LogP contribution in [0.3, 0.4) is 0 Å². The standard InChI is InChI=1S/C22H27F2N3O3S/c1-5-14(2)22-16(6-9-18(13-23)26-22)8-11-21(28)25-15(3)17-7-10-20(19(24)12-17)27-31(4,29)30/h6-12,14-15,27H,5,13H2,1-4H3,(H,25,28)/b11-8+/t14?,15-/m1/s1. The number of hydrogen-bond donors (Lipinski definition) is 2. The molecule has 0 radical (unpaired) electrons. The van der Waals surface area contributed by atoms with Gasteiger partial charge in [-0.3, -0.25) is 14.5 Å². The van der Waals surface area contributed by atoms with Crippen LogP contribution in [0.4, 0.5) is 14.5 Å². The van der Waals surface area contributed by atoms with Gasteiger partial charge in [-0.05, 0) is 54.7 Å². The molecule has 6 nitrogen and oxygen atoms in total. The van der Waals surface area contributed by atoms with Crippen molar-refractivity contribution in [2.45, 2.75) is 45.8 Å². The van der Waals surface area contributed by atoms with Crippen LogP contribution >= 0.6 is 0 Å². The summed E-state index contributed by atoms with van der Waals surface area (Å²) < 4.78 is 51.7. The maximum atomic E-state index is 14.2. The van der Waals surface area contributed by atoms with Crippen LogP contribution in [0.5, 0.6) is 0 Å². The van der Waals surface area contributed by atoms with E-state index < -0.39 is 34.5 Å². The first-order valence-corrected chi connectivity index (χ1v) is 11.7. The first-order chi connectivity index (χ1) is 14.5. The molecule has 9 heteroatoms. The summed E-state index contributed by atoms with van der Waals surface area (Å²) in [4.78, 5) is 16.7. The summed E-state index contributed by atoms with van der Waals surface area (Å²) in [5.41, 5.74) is 2.13. The molecule has 0 bridgehead atoms. The van der Waals surface area contributed by atoms with Gasteiger partial charge in [-0.1, -0.05) is 26.0 Å². The summed E-state index contributed by atoms with van der Waals surface area (Å²) in [6.45, 7) is 5.03. The van der Waals surface area contributed by atoms with Crippen LogP contribution in [0.15, 0.2) is 36.4 Å². The molecule has 0 saturated carbocycles. The van der Waals surface area contributed by atoms with Crippen molar-refractivity contribution >= 4 is 27.7 Å². The molecule has 2 atom stereocenters. The lowest BCUT2D eigenvalue weighted by Gasteiger charge is -2.15. The molecular formula is C22H27F2N3O3S. The zero-order valence-electron chi connectivity index (χ0n) is 17.9. The molecule has 0 aliphatic carbocycles. The van der Waals surface area contributed by atoms with Gasteiger partial charge >= 0.3 is 0 Å². The molecule has 0 fully saturated rings. The summed E-state index contributed by atoms with van der Waals surface area (Å²) in [5.74, 6) is -1.03. The minimum absolute atomic E-state index is 0.107. The lowest BCUT2D eigenvalue weighted by atomic mass is 9.98. The monoisotopic (exact) mass is 451 g/mol. The molecule has 31 heavy (non-hydrogen) atoms. The van der Waals surface area contributed by atoms with E-state index in [2.05, 4.69) is 15.0 Å². The fraction of sp³-hybridized carbons (Fsp3) is 0.364. The van der Waals surface area contributed by atoms with E-state index in [0.29, 0.717) is 11.3 Å². The quantitative estimate of drug-likeness (QED) is 0.551. The number of pyridine rings is 1. The molecule has 1 aromatic carbocycles. The van der Waals surface area contributed by atoms with Gasteiger partial charge in [0.2, 0.25) is 15.9 Å². The smallest absolute Gasteiger partial charge is 0.244 e. The Balaban J connectivity index is 2.12. The van der Waals surface area contributed by atoms with Crippen LogP contribution in [0, 0.1) is 5.82 Å². The van der Waals surface area contributed by atoms with E-state index in [9.17, 15) is 22.0 Å². The second-order valence-corrected chi connectivity index (χ2v) is 9.15. The van der Waals surface area contributed by atoms with Gasteiger partial charge in [0.15, 0.2) is 0 Å². The highest BCUT2D eigenvalue weighted by Gasteiger charge is 2.14. The zero-order chi connectivity index (χ0) is 23.2. The molecule has 2 aromatic rings. The van der Waals surface area contributed by atoms with Crippen molar-refractivity contribution in [3.63, 3.8) is 0 Å². The van der Waals surface area contributed by atoms with Gasteiger partial charge in [0, 0.05) is 6.08 Å². The van der Waals surface area contributed by atoms with Gasteiger partial charge in [0.25, 0.3) is 0 Å². The lowest BCUT2D eigenvalue weighted by Crippen LogP contribution is -2.24. The van der Waals surface area contributed by atoms with E-state index in [-0.39, 0.29) is 11.6 Å². The largest absolute Gasteiger partial charge is 0.346 e. The third-order valence-electron chi connectivity index (χ3n) is 4.79. The van der Waals surface area contributed by atoms with Gasteiger partial charge in [-0.15, -0.1) is 0 Å². The number of sulfonamides is 1. The molecule has 1 amide bonds. The van der Waals surface area contributed by atoms with Crippen molar-refractivity contribution in [1.82, 2.24) is 10.3 Å². The van der Waals surface area contributed by atoms with Crippen LogP contribution in [-0.4, -0.2) is 25.6 Å². The number of benzene rings is 1. The number of aromatic nitrogens is 1. The fourth-order valence-electron chi connectivity index (χ4n) is 2.92. The van der Waals surface area contributed by atoms with Crippen LogP contribution in [0.25, 0.3) is 6.08 Å². The summed E-state index contributed by atoms with van der Waals surface area (Å²) in [5, 5.41) is 2.74. The number of carbonyl (C=O) groups is 1. The Morgan fingerprint density at radius 1 is 1.23 bits per heavy atom. The van der Waals surface area contributed by atoms with Gasteiger partial charge in [0.05, 0.1) is 29.4 Å². The number of rotatable bonds is 9. The third-order valence-corrected chi connectivity index (χ3v) is 5.38. The van der Waals surface area contributed by atoms with Crippen LogP contribution < -0.4 is 10.0 Å². The average molecular weight is 452 g/mol. The van der Waals surface area contributed by atoms with Crippen molar-refractivity contribution in [1.29, 1.82) is 0 Å². The van der Waals surface area contributed by atoms with Gasteiger partial charge in [-0.25, -0.2) is 17.2 Å². The van der Waals surface area contributed by atoms with Gasteiger partial charge < -0.3 is 5.32 Å². The third kappa shape index (κ3) is 7.13. The minimum Gasteiger partial charge on any atom is -0.346 e. The first-order valence-electron chi connectivity index (χ1n) is 9.85. The van der Waals surface area contributed by atoms with Crippen LogP contribution in [-0.2, 0) is 21.5 Å². The molecule has 0 aliphatic rings. The number of nitrogens with one attached hydrogen (secondary N) is 2. The highest BCUT2D eigenvalue weighted by molar-refractivity contribution is 7.92. The number of nitrogens with zero attached hydrogens (tertiary/aromatic N) is 1. The Morgan fingerprint density at radius 3 is 2.52 bits per heavy atom. The first kappa shape index (κ1) is 24.5. The van der Waals surface area contributed by atoms with Crippen molar-refractivity contribution in [2.24, 2.45) is 0 Å². The number of anilines is 1. The SMILES string of the molecule is CCC(C)c1nc(CF)ccc1/C=C/C(=O)N[C@H](C)c1ccc(NS(C)(=O)=O)c(F)c1. The van der Waals surface area contributed by atoms with Crippen LogP contribution in [0.2, 0.25) is 0 Å². The molecule has 1 aromatic heterocycles. The van der Waals surface area contributed by atoms with E-state index in [1.54, 1.807) is 25.1 Å². The normalized spacial score (nSPS) is 13.7. The highest BCUT2D eigenvalue weighted by Crippen LogP contribution is 2.23. The Morgan fingerprint density at radius 2 is 1.94 bits per heavy atom. The maximum Gasteiger partial charge on any atom is 0.244 e. The van der Waals surface area contributed by atoms with E-state index in [1.165, 1.54) is 24.3 Å². The average Bonchev–Trinajstić information content (AvgIpc) is 2.72. The highest BCUT2D eigenvalue weighted by atomic mass is 32.2. The molecule has 0 saturated heterocycles. The van der Waals surface area contributed by atoms with Gasteiger partial charge in [-0.2, -0.15) is 0 Å².